The largest absolute Gasteiger partial charge is 0.497 e. The zero-order valence-corrected chi connectivity index (χ0v) is 16.5. The van der Waals surface area contributed by atoms with Gasteiger partial charge in [0.2, 0.25) is 0 Å². The zero-order valence-electron chi connectivity index (χ0n) is 16.5. The Morgan fingerprint density at radius 2 is 1.50 bits per heavy atom. The highest BCUT2D eigenvalue weighted by atomic mass is 16.6. The molecule has 30 heavy (non-hydrogen) atoms. The first-order chi connectivity index (χ1) is 14.1. The number of likely N-dealkylation sites (tertiary alicyclic amines) is 1. The highest BCUT2D eigenvalue weighted by molar-refractivity contribution is 5.64. The number of rotatable bonds is 4. The number of piperidine rings is 1. The van der Waals surface area contributed by atoms with Crippen LogP contribution in [0.1, 0.15) is 31.4 Å². The monoisotopic (exact) mass is 418 g/mol. The van der Waals surface area contributed by atoms with Crippen LogP contribution in [-0.4, -0.2) is 38.4 Å². The van der Waals surface area contributed by atoms with Crippen LogP contribution in [0.15, 0.2) is 42.5 Å². The maximum atomic E-state index is 10.4. The van der Waals surface area contributed by atoms with Gasteiger partial charge in [0.05, 0.1) is 26.9 Å². The standard InChI is InChI=1S/C13H19N.C6H3N3O7/c1-11-8-9-14(2)13(10-11)12-6-4-3-5-7-12;10-6-4(8(13)14)1-3(7(11)12)2-5(6)9(15)16/h3-7,11,13H,8-10H2,1-2H3;1-2,10H. The lowest BCUT2D eigenvalue weighted by Gasteiger charge is -2.36. The molecule has 11 heteroatoms. The summed E-state index contributed by atoms with van der Waals surface area (Å²) in [6.45, 7) is 3.60. The summed E-state index contributed by atoms with van der Waals surface area (Å²) in [5, 5.41) is 40.2. The summed E-state index contributed by atoms with van der Waals surface area (Å²) < 4.78 is 0. The van der Waals surface area contributed by atoms with Crippen molar-refractivity contribution in [1.29, 1.82) is 0 Å². The van der Waals surface area contributed by atoms with Gasteiger partial charge in [0.1, 0.15) is 0 Å². The van der Waals surface area contributed by atoms with Crippen LogP contribution in [0.3, 0.4) is 0 Å². The highest BCUT2D eigenvalue weighted by Crippen LogP contribution is 2.39. The average Bonchev–Trinajstić information content (AvgIpc) is 2.70. The van der Waals surface area contributed by atoms with Gasteiger partial charge >= 0.3 is 11.4 Å². The third kappa shape index (κ3) is 5.47. The summed E-state index contributed by atoms with van der Waals surface area (Å²) in [5.41, 5.74) is -1.53. The van der Waals surface area contributed by atoms with Crippen LogP contribution < -0.4 is 0 Å². The zero-order chi connectivity index (χ0) is 22.4. The topological polar surface area (TPSA) is 153 Å². The van der Waals surface area contributed by atoms with Gasteiger partial charge in [0.25, 0.3) is 11.4 Å². The molecule has 2 unspecified atom stereocenters. The van der Waals surface area contributed by atoms with Crippen molar-refractivity contribution in [3.8, 4) is 5.75 Å². The van der Waals surface area contributed by atoms with E-state index in [1.165, 1.54) is 24.9 Å². The maximum Gasteiger partial charge on any atom is 0.324 e. The molecule has 0 saturated carbocycles. The van der Waals surface area contributed by atoms with Crippen LogP contribution in [0.5, 0.6) is 5.75 Å². The molecule has 2 aromatic rings. The lowest BCUT2D eigenvalue weighted by Crippen LogP contribution is -2.32. The van der Waals surface area contributed by atoms with Gasteiger partial charge in [-0.15, -0.1) is 0 Å². The second kappa shape index (κ2) is 9.74. The minimum Gasteiger partial charge on any atom is -0.497 e. The fourth-order valence-electron chi connectivity index (χ4n) is 3.30. The lowest BCUT2D eigenvalue weighted by molar-refractivity contribution is -0.404. The Bertz CT molecular complexity index is 901. The number of nitrogens with zero attached hydrogens (tertiary/aromatic N) is 4. The van der Waals surface area contributed by atoms with E-state index in [0.717, 1.165) is 5.92 Å². The Morgan fingerprint density at radius 3 is 1.97 bits per heavy atom. The van der Waals surface area contributed by atoms with E-state index in [1.807, 2.05) is 0 Å². The van der Waals surface area contributed by atoms with E-state index in [-0.39, 0.29) is 0 Å². The van der Waals surface area contributed by atoms with E-state index in [4.69, 9.17) is 5.11 Å². The van der Waals surface area contributed by atoms with Crippen molar-refractivity contribution in [2.75, 3.05) is 13.6 Å². The SMILES string of the molecule is CC1CCN(C)C(c2ccccc2)C1.O=[N+]([O-])c1cc([N+](=O)[O-])c(O)c([N+](=O)[O-])c1. The van der Waals surface area contributed by atoms with Crippen LogP contribution >= 0.6 is 0 Å². The molecule has 1 heterocycles. The van der Waals surface area contributed by atoms with Gasteiger partial charge in [-0.25, -0.2) is 0 Å². The number of phenolic OH excluding ortho intramolecular Hbond substituents is 1. The molecule has 0 radical (unpaired) electrons. The van der Waals surface area contributed by atoms with Crippen molar-refractivity contribution in [3.63, 3.8) is 0 Å². The average molecular weight is 418 g/mol. The van der Waals surface area contributed by atoms with Crippen LogP contribution in [0.4, 0.5) is 17.1 Å². The molecule has 1 aliphatic heterocycles. The van der Waals surface area contributed by atoms with E-state index < -0.39 is 37.6 Å². The van der Waals surface area contributed by atoms with Gasteiger partial charge in [-0.2, -0.15) is 0 Å². The van der Waals surface area contributed by atoms with E-state index in [9.17, 15) is 30.3 Å². The molecule has 0 aliphatic carbocycles. The molecule has 0 bridgehead atoms. The van der Waals surface area contributed by atoms with E-state index in [0.29, 0.717) is 18.2 Å². The van der Waals surface area contributed by atoms with Crippen LogP contribution in [0.2, 0.25) is 0 Å². The molecule has 1 N–H and O–H groups in total. The predicted octanol–water partition coefficient (Wildman–Crippen LogP) is 4.21. The molecular weight excluding hydrogens is 396 g/mol. The van der Waals surface area contributed by atoms with Crippen LogP contribution in [-0.2, 0) is 0 Å². The lowest BCUT2D eigenvalue weighted by atomic mass is 9.89. The molecule has 1 aliphatic rings. The molecule has 3 rings (SSSR count). The van der Waals surface area contributed by atoms with Gasteiger partial charge in [-0.05, 0) is 37.9 Å². The van der Waals surface area contributed by atoms with Crippen molar-refractivity contribution >= 4 is 17.1 Å². The maximum absolute atomic E-state index is 10.4. The van der Waals surface area contributed by atoms with Gasteiger partial charge in [0, 0.05) is 6.04 Å². The summed E-state index contributed by atoms with van der Waals surface area (Å²) in [6.07, 6.45) is 2.65. The van der Waals surface area contributed by atoms with Crippen molar-refractivity contribution in [3.05, 3.63) is 78.4 Å². The molecule has 2 aromatic carbocycles. The molecular formula is C19H22N4O7. The van der Waals surface area contributed by atoms with Gasteiger partial charge in [0.15, 0.2) is 0 Å². The first-order valence-electron chi connectivity index (χ1n) is 9.17. The summed E-state index contributed by atoms with van der Waals surface area (Å²) in [4.78, 5) is 30.3. The van der Waals surface area contributed by atoms with E-state index in [1.54, 1.807) is 0 Å². The van der Waals surface area contributed by atoms with Gasteiger partial charge < -0.3 is 5.11 Å². The third-order valence-electron chi connectivity index (χ3n) is 4.98. The quantitative estimate of drug-likeness (QED) is 0.572. The molecule has 2 atom stereocenters. The third-order valence-corrected chi connectivity index (χ3v) is 4.98. The number of nitro groups is 3. The van der Waals surface area contributed by atoms with E-state index in [2.05, 4.69) is 49.2 Å². The highest BCUT2D eigenvalue weighted by Gasteiger charge is 2.30. The Labute approximate surface area is 172 Å². The number of nitro benzene ring substituents is 3. The summed E-state index contributed by atoms with van der Waals surface area (Å²) in [5.74, 6) is -0.336. The minimum atomic E-state index is -1.21. The van der Waals surface area contributed by atoms with E-state index >= 15 is 0 Å². The van der Waals surface area contributed by atoms with Gasteiger partial charge in [-0.3, -0.25) is 35.2 Å². The fourth-order valence-corrected chi connectivity index (χ4v) is 3.30. The molecule has 0 aromatic heterocycles. The molecule has 0 spiro atoms. The van der Waals surface area contributed by atoms with Crippen LogP contribution in [0, 0.1) is 36.3 Å². The number of benzene rings is 2. The summed E-state index contributed by atoms with van der Waals surface area (Å²) >= 11 is 0. The second-order valence-corrected chi connectivity index (χ2v) is 7.14. The summed E-state index contributed by atoms with van der Waals surface area (Å²) in [7, 11) is 2.24. The number of hydrogen-bond acceptors (Lipinski definition) is 8. The first kappa shape index (κ1) is 22.7. The summed E-state index contributed by atoms with van der Waals surface area (Å²) in [6, 6.07) is 12.4. The Morgan fingerprint density at radius 1 is 0.967 bits per heavy atom. The smallest absolute Gasteiger partial charge is 0.324 e. The number of aromatic hydroxyl groups is 1. The Kier molecular flexibility index (Phi) is 7.37. The number of non-ortho nitro benzene ring substituents is 1. The van der Waals surface area contributed by atoms with Crippen molar-refractivity contribution in [1.82, 2.24) is 4.90 Å². The first-order valence-corrected chi connectivity index (χ1v) is 9.17. The molecule has 1 saturated heterocycles. The molecule has 160 valence electrons. The van der Waals surface area contributed by atoms with Crippen molar-refractivity contribution in [2.45, 2.75) is 25.8 Å². The Hall–Kier alpha value is -3.60. The normalized spacial score (nSPS) is 18.7. The molecule has 11 nitrogen and oxygen atoms in total. The molecule has 1 fully saturated rings. The van der Waals surface area contributed by atoms with Crippen molar-refractivity contribution in [2.24, 2.45) is 5.92 Å². The second-order valence-electron chi connectivity index (χ2n) is 7.14. The van der Waals surface area contributed by atoms with Crippen molar-refractivity contribution < 1.29 is 19.9 Å². The number of hydrogen-bond donors (Lipinski definition) is 1. The predicted molar refractivity (Wildman–Crippen MR) is 108 cm³/mol. The van der Waals surface area contributed by atoms with Crippen LogP contribution in [0.25, 0.3) is 0 Å². The van der Waals surface area contributed by atoms with Gasteiger partial charge in [-0.1, -0.05) is 37.3 Å². The Balaban J connectivity index is 0.000000215. The molecule has 0 amide bonds. The minimum absolute atomic E-state index is 0.447. The fraction of sp³-hybridized carbons (Fsp3) is 0.368. The number of phenols is 1.